The molecule has 0 heterocycles. The summed E-state index contributed by atoms with van der Waals surface area (Å²) in [6, 6.07) is 0. The van der Waals surface area contributed by atoms with Gasteiger partial charge < -0.3 is 10.1 Å². The minimum atomic E-state index is -0.615. The topological polar surface area (TPSA) is 87.1 Å². The minimum absolute atomic E-state index is 0.210. The van der Waals surface area contributed by atoms with Gasteiger partial charge in [0.05, 0.1) is 7.11 Å². The molecule has 6 heteroatoms. The van der Waals surface area contributed by atoms with E-state index < -0.39 is 5.54 Å². The van der Waals surface area contributed by atoms with Gasteiger partial charge in [-0.3, -0.25) is 4.79 Å². The summed E-state index contributed by atoms with van der Waals surface area (Å²) in [7, 11) is 1.42. The third-order valence-corrected chi connectivity index (χ3v) is 3.57. The molecule has 1 aliphatic rings. The summed E-state index contributed by atoms with van der Waals surface area (Å²) in [6.07, 6.45) is 5.21. The van der Waals surface area contributed by atoms with Crippen molar-refractivity contribution in [2.45, 2.75) is 44.6 Å². The Balaban J connectivity index is 2.42. The number of methoxy groups -OCH3 is 1. The SMILES string of the molecule is COC(=O)C(C)(CC1CCC1)NCCCN=[N+]=[N-]. The lowest BCUT2D eigenvalue weighted by Crippen LogP contribution is -2.52. The molecule has 0 saturated heterocycles. The summed E-state index contributed by atoms with van der Waals surface area (Å²) in [5.74, 6) is 0.414. The van der Waals surface area contributed by atoms with E-state index in [9.17, 15) is 4.79 Å². The van der Waals surface area contributed by atoms with E-state index in [-0.39, 0.29) is 5.97 Å². The number of hydrogen-bond donors (Lipinski definition) is 1. The van der Waals surface area contributed by atoms with E-state index in [0.717, 1.165) is 12.8 Å². The molecular formula is C12H22N4O2. The summed E-state index contributed by atoms with van der Waals surface area (Å²) >= 11 is 0. The summed E-state index contributed by atoms with van der Waals surface area (Å²) < 4.78 is 4.88. The van der Waals surface area contributed by atoms with Crippen LogP contribution >= 0.6 is 0 Å². The second-order valence-corrected chi connectivity index (χ2v) is 5.06. The first-order chi connectivity index (χ1) is 8.62. The fourth-order valence-corrected chi connectivity index (χ4v) is 2.29. The van der Waals surface area contributed by atoms with Crippen LogP contribution in [0.2, 0.25) is 0 Å². The Labute approximate surface area is 108 Å². The number of rotatable bonds is 8. The highest BCUT2D eigenvalue weighted by atomic mass is 16.5. The van der Waals surface area contributed by atoms with Gasteiger partial charge in [0.2, 0.25) is 0 Å². The van der Waals surface area contributed by atoms with Crippen molar-refractivity contribution in [3.05, 3.63) is 10.4 Å². The molecule has 0 aromatic rings. The van der Waals surface area contributed by atoms with Crippen LogP contribution in [0.1, 0.15) is 39.0 Å². The largest absolute Gasteiger partial charge is 0.468 e. The van der Waals surface area contributed by atoms with Gasteiger partial charge in [0, 0.05) is 11.5 Å². The molecule has 1 saturated carbocycles. The first kappa shape index (κ1) is 14.8. The lowest BCUT2D eigenvalue weighted by Gasteiger charge is -2.35. The molecule has 0 aromatic carbocycles. The monoisotopic (exact) mass is 254 g/mol. The van der Waals surface area contributed by atoms with Gasteiger partial charge in [-0.25, -0.2) is 0 Å². The highest BCUT2D eigenvalue weighted by Gasteiger charge is 2.37. The lowest BCUT2D eigenvalue weighted by molar-refractivity contribution is -0.149. The van der Waals surface area contributed by atoms with Crippen molar-refractivity contribution in [3.8, 4) is 0 Å². The van der Waals surface area contributed by atoms with Crippen molar-refractivity contribution >= 4 is 5.97 Å². The predicted molar refractivity (Wildman–Crippen MR) is 69.0 cm³/mol. The van der Waals surface area contributed by atoms with Crippen LogP contribution in [0.15, 0.2) is 5.11 Å². The van der Waals surface area contributed by atoms with Crippen molar-refractivity contribution in [2.75, 3.05) is 20.2 Å². The fraction of sp³-hybridized carbons (Fsp3) is 0.917. The molecular weight excluding hydrogens is 232 g/mol. The smallest absolute Gasteiger partial charge is 0.325 e. The number of carbonyl (C=O) groups excluding carboxylic acids is 1. The van der Waals surface area contributed by atoms with E-state index in [1.54, 1.807) is 0 Å². The number of hydrogen-bond acceptors (Lipinski definition) is 4. The van der Waals surface area contributed by atoms with Crippen molar-refractivity contribution in [3.63, 3.8) is 0 Å². The van der Waals surface area contributed by atoms with E-state index in [2.05, 4.69) is 15.3 Å². The summed E-state index contributed by atoms with van der Waals surface area (Å²) in [4.78, 5) is 14.6. The molecule has 1 rings (SSSR count). The maximum absolute atomic E-state index is 11.9. The molecule has 1 N–H and O–H groups in total. The van der Waals surface area contributed by atoms with Crippen LogP contribution in [-0.2, 0) is 9.53 Å². The lowest BCUT2D eigenvalue weighted by atomic mass is 9.76. The standard InChI is InChI=1S/C12H22N4O2/c1-12(11(17)18-2,9-10-5-3-6-10)14-7-4-8-15-16-13/h10,14H,3-9H2,1-2H3. The number of esters is 1. The van der Waals surface area contributed by atoms with Crippen molar-refractivity contribution in [1.29, 1.82) is 0 Å². The van der Waals surface area contributed by atoms with Crippen LogP contribution in [0.4, 0.5) is 0 Å². The number of carbonyl (C=O) groups is 1. The molecule has 0 bridgehead atoms. The quantitative estimate of drug-likeness (QED) is 0.237. The highest BCUT2D eigenvalue weighted by Crippen LogP contribution is 2.34. The first-order valence-corrected chi connectivity index (χ1v) is 6.46. The highest BCUT2D eigenvalue weighted by molar-refractivity contribution is 5.80. The van der Waals surface area contributed by atoms with Gasteiger partial charge in [0.15, 0.2) is 0 Å². The predicted octanol–water partition coefficient (Wildman–Crippen LogP) is 2.40. The van der Waals surface area contributed by atoms with Crippen LogP contribution in [0.5, 0.6) is 0 Å². The second kappa shape index (κ2) is 7.24. The van der Waals surface area contributed by atoms with E-state index in [1.165, 1.54) is 26.4 Å². The van der Waals surface area contributed by atoms with Gasteiger partial charge in [-0.2, -0.15) is 0 Å². The third-order valence-electron chi connectivity index (χ3n) is 3.57. The Morgan fingerprint density at radius 3 is 2.83 bits per heavy atom. The van der Waals surface area contributed by atoms with E-state index in [4.69, 9.17) is 10.3 Å². The third kappa shape index (κ3) is 4.20. The zero-order valence-corrected chi connectivity index (χ0v) is 11.2. The summed E-state index contributed by atoms with van der Waals surface area (Å²) in [5.41, 5.74) is 7.56. The minimum Gasteiger partial charge on any atom is -0.468 e. The molecule has 0 aromatic heterocycles. The van der Waals surface area contributed by atoms with Gasteiger partial charge in [-0.1, -0.05) is 24.4 Å². The molecule has 0 radical (unpaired) electrons. The number of nitrogens with zero attached hydrogens (tertiary/aromatic N) is 3. The zero-order valence-electron chi connectivity index (χ0n) is 11.2. The van der Waals surface area contributed by atoms with Crippen LogP contribution in [0.3, 0.4) is 0 Å². The molecule has 1 fully saturated rings. The fourth-order valence-electron chi connectivity index (χ4n) is 2.29. The van der Waals surface area contributed by atoms with Crippen LogP contribution < -0.4 is 5.32 Å². The second-order valence-electron chi connectivity index (χ2n) is 5.06. The van der Waals surface area contributed by atoms with Gasteiger partial charge in [0.1, 0.15) is 5.54 Å². The molecule has 6 nitrogen and oxygen atoms in total. The summed E-state index contributed by atoms with van der Waals surface area (Å²) in [5, 5.41) is 6.72. The molecule has 0 amide bonds. The van der Waals surface area contributed by atoms with Gasteiger partial charge >= 0.3 is 5.97 Å². The van der Waals surface area contributed by atoms with E-state index >= 15 is 0 Å². The number of azide groups is 1. The molecule has 1 unspecified atom stereocenters. The average Bonchev–Trinajstić information content (AvgIpc) is 2.32. The molecule has 18 heavy (non-hydrogen) atoms. The molecule has 102 valence electrons. The zero-order chi connectivity index (χ0) is 13.4. The van der Waals surface area contributed by atoms with Crippen molar-refractivity contribution < 1.29 is 9.53 Å². The number of ether oxygens (including phenoxy) is 1. The normalized spacial score (nSPS) is 18.3. The maximum atomic E-state index is 11.9. The Morgan fingerprint density at radius 1 is 1.61 bits per heavy atom. The van der Waals surface area contributed by atoms with E-state index in [1.807, 2.05) is 6.92 Å². The summed E-state index contributed by atoms with van der Waals surface area (Å²) in [6.45, 7) is 2.99. The molecule has 0 aliphatic heterocycles. The van der Waals surface area contributed by atoms with Crippen molar-refractivity contribution in [2.24, 2.45) is 11.0 Å². The molecule has 1 aliphatic carbocycles. The molecule has 0 spiro atoms. The first-order valence-electron chi connectivity index (χ1n) is 6.46. The van der Waals surface area contributed by atoms with Gasteiger partial charge in [-0.15, -0.1) is 0 Å². The van der Waals surface area contributed by atoms with Gasteiger partial charge in [0.25, 0.3) is 0 Å². The number of nitrogens with one attached hydrogen (secondary N) is 1. The Bertz CT molecular complexity index is 324. The van der Waals surface area contributed by atoms with Crippen LogP contribution in [0, 0.1) is 5.92 Å². The van der Waals surface area contributed by atoms with Crippen LogP contribution in [-0.4, -0.2) is 31.7 Å². The average molecular weight is 254 g/mol. The Morgan fingerprint density at radius 2 is 2.33 bits per heavy atom. The molecule has 1 atom stereocenters. The maximum Gasteiger partial charge on any atom is 0.325 e. The van der Waals surface area contributed by atoms with Crippen LogP contribution in [0.25, 0.3) is 10.4 Å². The Kier molecular flexibility index (Phi) is 5.95. The van der Waals surface area contributed by atoms with E-state index in [0.29, 0.717) is 19.0 Å². The van der Waals surface area contributed by atoms with Crippen molar-refractivity contribution in [1.82, 2.24) is 5.32 Å². The Hall–Kier alpha value is -1.26. The van der Waals surface area contributed by atoms with Gasteiger partial charge in [-0.05, 0) is 37.8 Å².